The smallest absolute Gasteiger partial charge is 0.416 e. The Bertz CT molecular complexity index is 1300. The molecule has 0 saturated carbocycles. The second kappa shape index (κ2) is 22.9. The van der Waals surface area contributed by atoms with E-state index in [1.54, 1.807) is 68.6 Å². The summed E-state index contributed by atoms with van der Waals surface area (Å²) in [7, 11) is 1.63. The van der Waals surface area contributed by atoms with Gasteiger partial charge in [0.1, 0.15) is 5.75 Å². The van der Waals surface area contributed by atoms with Crippen LogP contribution >= 0.6 is 11.6 Å². The average Bonchev–Trinajstić information content (AvgIpc) is 3.08. The fourth-order valence-corrected chi connectivity index (χ4v) is 3.15. The molecule has 0 N–H and O–H groups in total. The number of pyridine rings is 5. The minimum atomic E-state index is -4.25. The van der Waals surface area contributed by atoms with Gasteiger partial charge >= 0.3 is 6.18 Å². The van der Waals surface area contributed by atoms with E-state index in [1.165, 1.54) is 5.69 Å². The molecule has 0 unspecified atom stereocenters. The Labute approximate surface area is 261 Å². The number of aromatic nitrogens is 5. The minimum absolute atomic E-state index is 0. The van der Waals surface area contributed by atoms with Gasteiger partial charge in [0, 0.05) is 85.8 Å². The lowest BCUT2D eigenvalue weighted by atomic mass is 10.3. The Hall–Kier alpha value is -4.61. The van der Waals surface area contributed by atoms with Crippen LogP contribution in [0.15, 0.2) is 129 Å². The zero-order valence-corrected chi connectivity index (χ0v) is 24.2. The van der Waals surface area contributed by atoms with E-state index in [9.17, 15) is 13.2 Å². The third-order valence-electron chi connectivity index (χ3n) is 5.14. The standard InChI is InChI=1S/C9H12N2O.C6H4F3N.C6H7NO.C5H4ClN.C5H5N.CH4/c1-3-10-4-2-9(1)11-5-7-12-8-6-11;7-6(8,9)5-1-3-10-4-2-5;1-8-6-2-4-7-5-3-6;6-5-1-3-7-4-2-5;1-2-4-6-5-3-1;/h1-4H,5-8H2;1-4H;2-5H,1H3;1-4H;1-5H;1H4. The van der Waals surface area contributed by atoms with Crippen LogP contribution in [0.25, 0.3) is 0 Å². The summed E-state index contributed by atoms with van der Waals surface area (Å²) in [5.41, 5.74) is 0.579. The van der Waals surface area contributed by atoms with Crippen LogP contribution in [0.3, 0.4) is 0 Å². The Morgan fingerprint density at radius 2 is 1.09 bits per heavy atom. The maximum Gasteiger partial charge on any atom is 0.416 e. The summed E-state index contributed by atoms with van der Waals surface area (Å²) in [4.78, 5) is 21.1. The Kier molecular flexibility index (Phi) is 19.5. The van der Waals surface area contributed by atoms with Gasteiger partial charge in [0.15, 0.2) is 0 Å². The van der Waals surface area contributed by atoms with Crippen molar-refractivity contribution < 1.29 is 22.6 Å². The van der Waals surface area contributed by atoms with Gasteiger partial charge in [-0.1, -0.05) is 25.1 Å². The molecular weight excluding hydrogens is 593 g/mol. The Morgan fingerprint density at radius 3 is 1.41 bits per heavy atom. The van der Waals surface area contributed by atoms with Crippen LogP contribution in [-0.2, 0) is 10.9 Å². The fraction of sp³-hybridized carbons (Fsp3) is 0.219. The number of methoxy groups -OCH3 is 1. The molecule has 0 aromatic carbocycles. The number of anilines is 1. The van der Waals surface area contributed by atoms with Gasteiger partial charge in [-0.3, -0.25) is 24.9 Å². The van der Waals surface area contributed by atoms with Crippen LogP contribution in [0.2, 0.25) is 5.02 Å². The first-order valence-electron chi connectivity index (χ1n) is 12.9. The topological polar surface area (TPSA) is 86.2 Å². The molecule has 6 rings (SSSR count). The van der Waals surface area contributed by atoms with Gasteiger partial charge in [0.25, 0.3) is 0 Å². The largest absolute Gasteiger partial charge is 0.497 e. The molecule has 5 aromatic rings. The van der Waals surface area contributed by atoms with Gasteiger partial charge in [-0.05, 0) is 60.7 Å². The maximum absolute atomic E-state index is 11.8. The van der Waals surface area contributed by atoms with Gasteiger partial charge in [0.05, 0.1) is 25.9 Å². The molecule has 234 valence electrons. The van der Waals surface area contributed by atoms with E-state index in [1.807, 2.05) is 42.7 Å². The summed E-state index contributed by atoms with van der Waals surface area (Å²) >= 11 is 5.50. The number of morpholine rings is 1. The van der Waals surface area contributed by atoms with Crippen molar-refractivity contribution in [1.82, 2.24) is 24.9 Å². The molecule has 0 aliphatic carbocycles. The fourth-order valence-electron chi connectivity index (χ4n) is 3.04. The second-order valence-electron chi connectivity index (χ2n) is 8.12. The molecule has 0 radical (unpaired) electrons. The molecule has 5 aromatic heterocycles. The molecule has 0 amide bonds. The quantitative estimate of drug-likeness (QED) is 0.198. The third-order valence-corrected chi connectivity index (χ3v) is 5.39. The zero-order valence-electron chi connectivity index (χ0n) is 23.5. The highest BCUT2D eigenvalue weighted by Crippen LogP contribution is 2.27. The number of rotatable bonds is 2. The summed E-state index contributed by atoms with van der Waals surface area (Å²) in [6, 6.07) is 18.7. The molecule has 1 aliphatic heterocycles. The number of ether oxygens (including phenoxy) is 2. The lowest BCUT2D eigenvalue weighted by Gasteiger charge is -2.28. The SMILES string of the molecule is C.COc1ccncc1.Clc1ccncc1.FC(F)(F)c1ccncc1.c1cc(N2CCOCC2)ccn1.c1ccncc1. The number of nitrogens with zero attached hydrogens (tertiary/aromatic N) is 6. The summed E-state index contributed by atoms with van der Waals surface area (Å²) in [6.45, 7) is 3.65. The highest BCUT2D eigenvalue weighted by molar-refractivity contribution is 6.30. The highest BCUT2D eigenvalue weighted by Gasteiger charge is 2.29. The molecule has 0 spiro atoms. The van der Waals surface area contributed by atoms with Crippen LogP contribution in [0, 0.1) is 0 Å². The molecule has 8 nitrogen and oxygen atoms in total. The van der Waals surface area contributed by atoms with Crippen LogP contribution < -0.4 is 9.64 Å². The zero-order chi connectivity index (χ0) is 31.0. The Morgan fingerprint density at radius 1 is 0.659 bits per heavy atom. The van der Waals surface area contributed by atoms with Crippen molar-refractivity contribution >= 4 is 17.3 Å². The predicted molar refractivity (Wildman–Crippen MR) is 168 cm³/mol. The summed E-state index contributed by atoms with van der Waals surface area (Å²) in [6.07, 6.45) is 11.8. The van der Waals surface area contributed by atoms with Crippen molar-refractivity contribution in [2.45, 2.75) is 13.6 Å². The molecule has 0 atom stereocenters. The van der Waals surface area contributed by atoms with Crippen LogP contribution in [0.1, 0.15) is 13.0 Å². The second-order valence-corrected chi connectivity index (χ2v) is 8.55. The first-order chi connectivity index (χ1) is 20.9. The van der Waals surface area contributed by atoms with Gasteiger partial charge < -0.3 is 14.4 Å². The minimum Gasteiger partial charge on any atom is -0.497 e. The molecule has 6 heterocycles. The molecule has 1 fully saturated rings. The number of halogens is 4. The first kappa shape index (κ1) is 37.4. The third kappa shape index (κ3) is 17.4. The van der Waals surface area contributed by atoms with Crippen LogP contribution in [-0.4, -0.2) is 58.3 Å². The lowest BCUT2D eigenvalue weighted by Crippen LogP contribution is -2.36. The van der Waals surface area contributed by atoms with E-state index in [4.69, 9.17) is 21.1 Å². The van der Waals surface area contributed by atoms with Crippen LogP contribution in [0.5, 0.6) is 5.75 Å². The maximum atomic E-state index is 11.8. The summed E-state index contributed by atoms with van der Waals surface area (Å²) in [5.74, 6) is 0.847. The molecule has 0 bridgehead atoms. The van der Waals surface area contributed by atoms with Gasteiger partial charge in [0.2, 0.25) is 0 Å². The molecule has 1 saturated heterocycles. The van der Waals surface area contributed by atoms with Crippen molar-refractivity contribution in [3.63, 3.8) is 0 Å². The Balaban J connectivity index is 0.000000279. The number of hydrogen-bond acceptors (Lipinski definition) is 8. The number of alkyl halides is 3. The van der Waals surface area contributed by atoms with Crippen molar-refractivity contribution in [2.24, 2.45) is 0 Å². The van der Waals surface area contributed by atoms with Gasteiger partial charge in [-0.15, -0.1) is 0 Å². The van der Waals surface area contributed by atoms with Crippen LogP contribution in [0.4, 0.5) is 18.9 Å². The lowest BCUT2D eigenvalue weighted by molar-refractivity contribution is -0.137. The van der Waals surface area contributed by atoms with Gasteiger partial charge in [-0.25, -0.2) is 0 Å². The summed E-state index contributed by atoms with van der Waals surface area (Å²) in [5, 5.41) is 0.731. The molecule has 12 heteroatoms. The van der Waals surface area contributed by atoms with Crippen molar-refractivity contribution in [1.29, 1.82) is 0 Å². The summed E-state index contributed by atoms with van der Waals surface area (Å²) < 4.78 is 45.4. The van der Waals surface area contributed by atoms with Crippen molar-refractivity contribution in [2.75, 3.05) is 38.3 Å². The van der Waals surface area contributed by atoms with E-state index >= 15 is 0 Å². The van der Waals surface area contributed by atoms with E-state index in [2.05, 4.69) is 29.8 Å². The van der Waals surface area contributed by atoms with Crippen molar-refractivity contribution in [3.05, 3.63) is 139 Å². The normalized spacial score (nSPS) is 11.5. The average molecular weight is 629 g/mol. The van der Waals surface area contributed by atoms with E-state index in [0.29, 0.717) is 0 Å². The predicted octanol–water partition coefficient (Wildman–Crippen LogP) is 7.56. The van der Waals surface area contributed by atoms with Crippen molar-refractivity contribution in [3.8, 4) is 5.75 Å². The van der Waals surface area contributed by atoms with E-state index in [-0.39, 0.29) is 7.43 Å². The molecule has 44 heavy (non-hydrogen) atoms. The van der Waals surface area contributed by atoms with E-state index in [0.717, 1.165) is 61.6 Å². The van der Waals surface area contributed by atoms with Gasteiger partial charge in [-0.2, -0.15) is 13.2 Å². The number of hydrogen-bond donors (Lipinski definition) is 0. The molecule has 1 aliphatic rings. The first-order valence-corrected chi connectivity index (χ1v) is 13.3. The monoisotopic (exact) mass is 628 g/mol. The van der Waals surface area contributed by atoms with E-state index < -0.39 is 11.7 Å². The molecular formula is C32H36ClF3N6O2. The highest BCUT2D eigenvalue weighted by atomic mass is 35.5.